The summed E-state index contributed by atoms with van der Waals surface area (Å²) in [6.07, 6.45) is 2.63. The largest absolute Gasteiger partial charge is 0.347 e. The standard InChI is InChI=1S/C11H20N4O/c1-8(2)6-9(7-12)13-11(16)10-4-5-15(3)14-10/h4-5,8-9H,6-7,12H2,1-3H3,(H,13,16). The highest BCUT2D eigenvalue weighted by Gasteiger charge is 2.15. The lowest BCUT2D eigenvalue weighted by Gasteiger charge is -2.17. The number of aromatic nitrogens is 2. The van der Waals surface area contributed by atoms with Gasteiger partial charge in [-0.25, -0.2) is 0 Å². The topological polar surface area (TPSA) is 72.9 Å². The number of hydrogen-bond acceptors (Lipinski definition) is 3. The van der Waals surface area contributed by atoms with Crippen LogP contribution >= 0.6 is 0 Å². The molecule has 90 valence electrons. The third-order valence-electron chi connectivity index (χ3n) is 2.32. The Morgan fingerprint density at radius 3 is 2.75 bits per heavy atom. The minimum absolute atomic E-state index is 0.0227. The first-order valence-electron chi connectivity index (χ1n) is 5.53. The van der Waals surface area contributed by atoms with Crippen LogP contribution in [0.15, 0.2) is 12.3 Å². The Kier molecular flexibility index (Phi) is 4.49. The zero-order chi connectivity index (χ0) is 12.1. The van der Waals surface area contributed by atoms with Crippen molar-refractivity contribution in [3.05, 3.63) is 18.0 Å². The Morgan fingerprint density at radius 1 is 1.62 bits per heavy atom. The minimum atomic E-state index is -0.156. The number of nitrogens with one attached hydrogen (secondary N) is 1. The Morgan fingerprint density at radius 2 is 2.31 bits per heavy atom. The second-order valence-electron chi connectivity index (χ2n) is 4.41. The van der Waals surface area contributed by atoms with Crippen LogP contribution in [0, 0.1) is 5.92 Å². The molecule has 1 heterocycles. The van der Waals surface area contributed by atoms with Gasteiger partial charge in [-0.05, 0) is 18.4 Å². The summed E-state index contributed by atoms with van der Waals surface area (Å²) < 4.78 is 1.61. The molecular formula is C11H20N4O. The maximum Gasteiger partial charge on any atom is 0.272 e. The summed E-state index contributed by atoms with van der Waals surface area (Å²) in [5.41, 5.74) is 6.05. The predicted octanol–water partition coefficient (Wildman–Crippen LogP) is 0.523. The molecule has 16 heavy (non-hydrogen) atoms. The molecule has 0 aliphatic heterocycles. The van der Waals surface area contributed by atoms with Gasteiger partial charge < -0.3 is 11.1 Å². The third-order valence-corrected chi connectivity index (χ3v) is 2.32. The van der Waals surface area contributed by atoms with Crippen LogP contribution in [0.2, 0.25) is 0 Å². The van der Waals surface area contributed by atoms with Gasteiger partial charge in [-0.3, -0.25) is 9.48 Å². The van der Waals surface area contributed by atoms with Gasteiger partial charge in [0.05, 0.1) is 0 Å². The fourth-order valence-electron chi connectivity index (χ4n) is 1.58. The van der Waals surface area contributed by atoms with Crippen LogP contribution < -0.4 is 11.1 Å². The predicted molar refractivity (Wildman–Crippen MR) is 63.0 cm³/mol. The van der Waals surface area contributed by atoms with E-state index in [0.29, 0.717) is 18.2 Å². The highest BCUT2D eigenvalue weighted by molar-refractivity contribution is 5.92. The summed E-state index contributed by atoms with van der Waals surface area (Å²) in [4.78, 5) is 11.8. The van der Waals surface area contributed by atoms with E-state index in [1.165, 1.54) is 0 Å². The first kappa shape index (κ1) is 12.7. The van der Waals surface area contributed by atoms with Crippen LogP contribution in [0.3, 0.4) is 0 Å². The number of carbonyl (C=O) groups excluding carboxylic acids is 1. The summed E-state index contributed by atoms with van der Waals surface area (Å²) in [6, 6.07) is 1.72. The molecule has 0 fully saturated rings. The van der Waals surface area contributed by atoms with E-state index in [0.717, 1.165) is 6.42 Å². The number of carbonyl (C=O) groups is 1. The van der Waals surface area contributed by atoms with Crippen LogP contribution in [0.4, 0.5) is 0 Å². The molecule has 5 nitrogen and oxygen atoms in total. The van der Waals surface area contributed by atoms with Crippen molar-refractivity contribution < 1.29 is 4.79 Å². The molecule has 1 aromatic rings. The average Bonchev–Trinajstić information content (AvgIpc) is 2.63. The second kappa shape index (κ2) is 5.65. The van der Waals surface area contributed by atoms with Gasteiger partial charge in [0.15, 0.2) is 0 Å². The van der Waals surface area contributed by atoms with Gasteiger partial charge in [-0.1, -0.05) is 13.8 Å². The monoisotopic (exact) mass is 224 g/mol. The number of nitrogens with two attached hydrogens (primary N) is 1. The number of rotatable bonds is 5. The van der Waals surface area contributed by atoms with Crippen molar-refractivity contribution in [3.63, 3.8) is 0 Å². The Balaban J connectivity index is 2.55. The maximum atomic E-state index is 11.8. The van der Waals surface area contributed by atoms with Crippen molar-refractivity contribution in [1.82, 2.24) is 15.1 Å². The average molecular weight is 224 g/mol. The lowest BCUT2D eigenvalue weighted by Crippen LogP contribution is -2.41. The van der Waals surface area contributed by atoms with E-state index >= 15 is 0 Å². The van der Waals surface area contributed by atoms with Crippen molar-refractivity contribution >= 4 is 5.91 Å². The molecule has 1 unspecified atom stereocenters. The van der Waals surface area contributed by atoms with Gasteiger partial charge in [0.1, 0.15) is 5.69 Å². The zero-order valence-electron chi connectivity index (χ0n) is 10.1. The van der Waals surface area contributed by atoms with Crippen LogP contribution in [-0.2, 0) is 7.05 Å². The quantitative estimate of drug-likeness (QED) is 0.766. The van der Waals surface area contributed by atoms with Gasteiger partial charge in [0.25, 0.3) is 5.91 Å². The molecule has 0 spiro atoms. The van der Waals surface area contributed by atoms with Crippen LogP contribution in [0.5, 0.6) is 0 Å². The molecule has 0 radical (unpaired) electrons. The van der Waals surface area contributed by atoms with Crippen LogP contribution in [-0.4, -0.2) is 28.3 Å². The number of aryl methyl sites for hydroxylation is 1. The van der Waals surface area contributed by atoms with Crippen molar-refractivity contribution in [2.75, 3.05) is 6.54 Å². The first-order chi connectivity index (χ1) is 7.52. The van der Waals surface area contributed by atoms with Gasteiger partial charge in [0.2, 0.25) is 0 Å². The summed E-state index contributed by atoms with van der Waals surface area (Å²) in [5, 5.41) is 6.93. The van der Waals surface area contributed by atoms with Crippen molar-refractivity contribution in [1.29, 1.82) is 0 Å². The van der Waals surface area contributed by atoms with Crippen LogP contribution in [0.1, 0.15) is 30.8 Å². The van der Waals surface area contributed by atoms with Crippen molar-refractivity contribution in [3.8, 4) is 0 Å². The fourth-order valence-corrected chi connectivity index (χ4v) is 1.58. The van der Waals surface area contributed by atoms with E-state index in [1.54, 1.807) is 24.0 Å². The molecule has 1 aromatic heterocycles. The molecule has 5 heteroatoms. The summed E-state index contributed by atoms with van der Waals surface area (Å²) in [7, 11) is 1.78. The van der Waals surface area contributed by atoms with Gasteiger partial charge in [-0.15, -0.1) is 0 Å². The van der Waals surface area contributed by atoms with E-state index < -0.39 is 0 Å². The molecule has 1 rings (SSSR count). The Hall–Kier alpha value is -1.36. The molecule has 0 saturated carbocycles. The lowest BCUT2D eigenvalue weighted by molar-refractivity contribution is 0.0928. The highest BCUT2D eigenvalue weighted by Crippen LogP contribution is 2.04. The molecule has 0 aliphatic carbocycles. The summed E-state index contributed by atoms with van der Waals surface area (Å²) in [6.45, 7) is 4.67. The Labute approximate surface area is 96.0 Å². The zero-order valence-corrected chi connectivity index (χ0v) is 10.1. The number of nitrogens with zero attached hydrogens (tertiary/aromatic N) is 2. The smallest absolute Gasteiger partial charge is 0.272 e. The van der Waals surface area contributed by atoms with Gasteiger partial charge in [-0.2, -0.15) is 5.10 Å². The molecular weight excluding hydrogens is 204 g/mol. The molecule has 1 atom stereocenters. The molecule has 0 aliphatic rings. The molecule has 3 N–H and O–H groups in total. The molecule has 0 aromatic carbocycles. The van der Waals surface area contributed by atoms with E-state index in [9.17, 15) is 4.79 Å². The SMILES string of the molecule is CC(C)CC(CN)NC(=O)c1ccn(C)n1. The van der Waals surface area contributed by atoms with Crippen molar-refractivity contribution in [2.45, 2.75) is 26.3 Å². The normalized spacial score (nSPS) is 12.8. The second-order valence-corrected chi connectivity index (χ2v) is 4.41. The van der Waals surface area contributed by atoms with Gasteiger partial charge in [0, 0.05) is 25.8 Å². The first-order valence-corrected chi connectivity index (χ1v) is 5.53. The van der Waals surface area contributed by atoms with Crippen LogP contribution in [0.25, 0.3) is 0 Å². The maximum absolute atomic E-state index is 11.8. The number of amides is 1. The van der Waals surface area contributed by atoms with E-state index in [-0.39, 0.29) is 11.9 Å². The third kappa shape index (κ3) is 3.66. The molecule has 0 saturated heterocycles. The number of hydrogen-bond donors (Lipinski definition) is 2. The van der Waals surface area contributed by atoms with E-state index in [4.69, 9.17) is 5.73 Å². The van der Waals surface area contributed by atoms with Crippen molar-refractivity contribution in [2.24, 2.45) is 18.7 Å². The lowest BCUT2D eigenvalue weighted by atomic mass is 10.0. The highest BCUT2D eigenvalue weighted by atomic mass is 16.2. The fraction of sp³-hybridized carbons (Fsp3) is 0.636. The van der Waals surface area contributed by atoms with E-state index in [1.807, 2.05) is 0 Å². The molecule has 0 bridgehead atoms. The van der Waals surface area contributed by atoms with E-state index in [2.05, 4.69) is 24.3 Å². The Bertz CT molecular complexity index is 346. The summed E-state index contributed by atoms with van der Waals surface area (Å²) >= 11 is 0. The summed E-state index contributed by atoms with van der Waals surface area (Å²) in [5.74, 6) is 0.356. The molecule has 1 amide bonds. The van der Waals surface area contributed by atoms with Gasteiger partial charge >= 0.3 is 0 Å². The minimum Gasteiger partial charge on any atom is -0.347 e.